The lowest BCUT2D eigenvalue weighted by Crippen LogP contribution is -2.24. The van der Waals surface area contributed by atoms with Gasteiger partial charge in [0, 0.05) is 24.6 Å². The van der Waals surface area contributed by atoms with Crippen molar-refractivity contribution in [2.75, 3.05) is 11.5 Å². The molecule has 0 spiro atoms. The highest BCUT2D eigenvalue weighted by Gasteiger charge is 2.29. The minimum atomic E-state index is -0.243. The third-order valence-corrected chi connectivity index (χ3v) is 4.93. The van der Waals surface area contributed by atoms with E-state index in [9.17, 15) is 5.11 Å². The molecule has 0 saturated carbocycles. The van der Waals surface area contributed by atoms with Crippen molar-refractivity contribution in [1.82, 2.24) is 9.55 Å². The molecule has 3 nitrogen and oxygen atoms in total. The Morgan fingerprint density at radius 1 is 1.44 bits per heavy atom. The summed E-state index contributed by atoms with van der Waals surface area (Å²) < 4.78 is 2.24. The molecule has 0 amide bonds. The maximum Gasteiger partial charge on any atom is 0.150 e. The van der Waals surface area contributed by atoms with E-state index < -0.39 is 0 Å². The van der Waals surface area contributed by atoms with Gasteiger partial charge in [0.05, 0.1) is 11.8 Å². The van der Waals surface area contributed by atoms with Crippen LogP contribution in [0, 0.1) is 0 Å². The van der Waals surface area contributed by atoms with Gasteiger partial charge in [0.25, 0.3) is 0 Å². The van der Waals surface area contributed by atoms with Crippen LogP contribution in [0.25, 0.3) is 0 Å². The summed E-state index contributed by atoms with van der Waals surface area (Å²) in [6.07, 6.45) is 2.45. The summed E-state index contributed by atoms with van der Waals surface area (Å²) in [7, 11) is 0. The summed E-state index contributed by atoms with van der Waals surface area (Å²) in [5.74, 6) is 4.10. The predicted octanol–water partition coefficient (Wildman–Crippen LogP) is 2.06. The largest absolute Gasteiger partial charge is 0.393 e. The Hall–Kier alpha value is -0.190. The zero-order chi connectivity index (χ0) is 11.1. The summed E-state index contributed by atoms with van der Waals surface area (Å²) in [6, 6.07) is 0. The van der Waals surface area contributed by atoms with E-state index in [0.29, 0.717) is 17.5 Å². The number of aliphatic hydroxyl groups excluding tert-OH is 1. The number of halogens is 1. The van der Waals surface area contributed by atoms with Crippen molar-refractivity contribution in [3.63, 3.8) is 0 Å². The number of aromatic nitrogens is 2. The average Bonchev–Trinajstić information content (AvgIpc) is 2.87. The lowest BCUT2D eigenvalue weighted by Gasteiger charge is -2.22. The average molecular weight is 259 g/mol. The van der Waals surface area contributed by atoms with E-state index >= 15 is 0 Å². The van der Waals surface area contributed by atoms with Gasteiger partial charge in [0.15, 0.2) is 5.15 Å². The molecule has 5 heteroatoms. The maximum atomic E-state index is 9.65. The number of fused-ring (bicyclic) bond motifs is 1. The van der Waals surface area contributed by atoms with Crippen LogP contribution in [0.3, 0.4) is 0 Å². The second-order valence-corrected chi connectivity index (χ2v) is 6.07. The molecule has 0 radical (unpaired) electrons. The molecule has 0 bridgehead atoms. The van der Waals surface area contributed by atoms with Gasteiger partial charge in [0.2, 0.25) is 0 Å². The van der Waals surface area contributed by atoms with Crippen molar-refractivity contribution >= 4 is 23.4 Å². The molecule has 1 aromatic rings. The molecule has 1 aromatic heterocycles. The summed E-state index contributed by atoms with van der Waals surface area (Å²) in [4.78, 5) is 4.51. The Labute approximate surface area is 104 Å². The summed E-state index contributed by atoms with van der Waals surface area (Å²) in [5, 5.41) is 10.3. The number of hydrogen-bond donors (Lipinski definition) is 1. The Morgan fingerprint density at radius 2 is 2.31 bits per heavy atom. The van der Waals surface area contributed by atoms with Crippen LogP contribution >= 0.6 is 23.4 Å². The van der Waals surface area contributed by atoms with Crippen LogP contribution in [-0.4, -0.2) is 32.3 Å². The van der Waals surface area contributed by atoms with E-state index in [4.69, 9.17) is 11.6 Å². The smallest absolute Gasteiger partial charge is 0.150 e. The second kappa shape index (κ2) is 4.24. The van der Waals surface area contributed by atoms with Crippen LogP contribution < -0.4 is 0 Å². The molecule has 3 rings (SSSR count). The Bertz CT molecular complexity index is 401. The van der Waals surface area contributed by atoms with Crippen molar-refractivity contribution in [2.45, 2.75) is 37.8 Å². The van der Waals surface area contributed by atoms with E-state index in [1.165, 1.54) is 12.2 Å². The number of rotatable bonds is 1. The fourth-order valence-electron chi connectivity index (χ4n) is 2.57. The van der Waals surface area contributed by atoms with E-state index in [-0.39, 0.29) is 6.10 Å². The minimum absolute atomic E-state index is 0.243. The first kappa shape index (κ1) is 10.9. The topological polar surface area (TPSA) is 38.0 Å². The van der Waals surface area contributed by atoms with Gasteiger partial charge in [-0.25, -0.2) is 4.98 Å². The van der Waals surface area contributed by atoms with E-state index in [1.807, 2.05) is 11.8 Å². The van der Waals surface area contributed by atoms with Crippen LogP contribution in [0.4, 0.5) is 0 Å². The highest BCUT2D eigenvalue weighted by molar-refractivity contribution is 7.99. The third kappa shape index (κ3) is 1.77. The standard InChI is InChI=1S/C11H15ClN2OS/c12-10-9-5-8(15)1-3-14(9)11(13-10)7-2-4-16-6-7/h7-8,15H,1-6H2. The predicted molar refractivity (Wildman–Crippen MR) is 66.2 cm³/mol. The first-order valence-electron chi connectivity index (χ1n) is 5.76. The van der Waals surface area contributed by atoms with Gasteiger partial charge in [-0.3, -0.25) is 0 Å². The maximum absolute atomic E-state index is 9.65. The van der Waals surface area contributed by atoms with Gasteiger partial charge < -0.3 is 9.67 Å². The second-order valence-electron chi connectivity index (χ2n) is 4.57. The molecule has 16 heavy (non-hydrogen) atoms. The lowest BCUT2D eigenvalue weighted by molar-refractivity contribution is 0.142. The highest BCUT2D eigenvalue weighted by Crippen LogP contribution is 2.35. The van der Waals surface area contributed by atoms with Crippen molar-refractivity contribution in [3.05, 3.63) is 16.7 Å². The lowest BCUT2D eigenvalue weighted by atomic mass is 10.1. The van der Waals surface area contributed by atoms with Crippen LogP contribution in [-0.2, 0) is 13.0 Å². The van der Waals surface area contributed by atoms with Crippen molar-refractivity contribution in [2.24, 2.45) is 0 Å². The number of hydrogen-bond acceptors (Lipinski definition) is 3. The normalized spacial score (nSPS) is 29.4. The van der Waals surface area contributed by atoms with Gasteiger partial charge in [-0.2, -0.15) is 11.8 Å². The van der Waals surface area contributed by atoms with Gasteiger partial charge in [-0.15, -0.1) is 0 Å². The molecular weight excluding hydrogens is 244 g/mol. The van der Waals surface area contributed by atoms with Crippen molar-refractivity contribution in [3.8, 4) is 0 Å². The molecule has 88 valence electrons. The Kier molecular flexibility index (Phi) is 2.90. The van der Waals surface area contributed by atoms with Crippen LogP contribution in [0.15, 0.2) is 0 Å². The van der Waals surface area contributed by atoms with Crippen molar-refractivity contribution in [1.29, 1.82) is 0 Å². The number of thioether (sulfide) groups is 1. The van der Waals surface area contributed by atoms with Crippen LogP contribution in [0.2, 0.25) is 5.15 Å². The molecule has 0 aliphatic carbocycles. The fourth-order valence-corrected chi connectivity index (χ4v) is 4.06. The molecule has 2 atom stereocenters. The summed E-state index contributed by atoms with van der Waals surface area (Å²) in [6.45, 7) is 0.868. The molecule has 2 aliphatic rings. The first-order chi connectivity index (χ1) is 7.75. The van der Waals surface area contributed by atoms with Crippen LogP contribution in [0.1, 0.15) is 30.3 Å². The van der Waals surface area contributed by atoms with E-state index in [2.05, 4.69) is 9.55 Å². The van der Waals surface area contributed by atoms with Gasteiger partial charge in [-0.05, 0) is 18.6 Å². The van der Waals surface area contributed by atoms with Crippen LogP contribution in [0.5, 0.6) is 0 Å². The number of aliphatic hydroxyl groups is 1. The monoisotopic (exact) mass is 258 g/mol. The summed E-state index contributed by atoms with van der Waals surface area (Å²) in [5.41, 5.74) is 1.03. The number of imidazole rings is 1. The molecular formula is C11H15ClN2OS. The quantitative estimate of drug-likeness (QED) is 0.838. The zero-order valence-electron chi connectivity index (χ0n) is 9.03. The summed E-state index contributed by atoms with van der Waals surface area (Å²) >= 11 is 8.15. The first-order valence-corrected chi connectivity index (χ1v) is 7.29. The van der Waals surface area contributed by atoms with E-state index in [1.54, 1.807) is 0 Å². The highest BCUT2D eigenvalue weighted by atomic mass is 35.5. The fraction of sp³-hybridized carbons (Fsp3) is 0.727. The minimum Gasteiger partial charge on any atom is -0.393 e. The molecule has 1 N–H and O–H groups in total. The molecule has 2 aliphatic heterocycles. The number of nitrogens with zero attached hydrogens (tertiary/aromatic N) is 2. The van der Waals surface area contributed by atoms with Gasteiger partial charge >= 0.3 is 0 Å². The molecule has 0 aromatic carbocycles. The Morgan fingerprint density at radius 3 is 3.06 bits per heavy atom. The third-order valence-electron chi connectivity index (χ3n) is 3.46. The Balaban J connectivity index is 1.97. The molecule has 3 heterocycles. The molecule has 1 fully saturated rings. The SMILES string of the molecule is OC1CCn2c(C3CCSC3)nc(Cl)c2C1. The molecule has 2 unspecified atom stereocenters. The van der Waals surface area contributed by atoms with Crippen molar-refractivity contribution < 1.29 is 5.11 Å². The molecule has 1 saturated heterocycles. The van der Waals surface area contributed by atoms with E-state index in [0.717, 1.165) is 30.2 Å². The van der Waals surface area contributed by atoms with Gasteiger partial charge in [-0.1, -0.05) is 11.6 Å². The zero-order valence-corrected chi connectivity index (χ0v) is 10.6. The van der Waals surface area contributed by atoms with Gasteiger partial charge in [0.1, 0.15) is 5.82 Å².